The van der Waals surface area contributed by atoms with Gasteiger partial charge in [0.15, 0.2) is 0 Å². The molecule has 0 amide bonds. The lowest BCUT2D eigenvalue weighted by molar-refractivity contribution is -0.466. The Balaban J connectivity index is -0.0000000170. The lowest BCUT2D eigenvalue weighted by Gasteiger charge is -2.12. The lowest BCUT2D eigenvalue weighted by atomic mass is 9.94. The molecule has 0 aromatic heterocycles. The monoisotopic (exact) mass is 1520 g/mol. The molecule has 0 spiro atoms. The summed E-state index contributed by atoms with van der Waals surface area (Å²) in [5.74, 6) is -1.08. The molecule has 28 N–H and O–H groups in total. The van der Waals surface area contributed by atoms with Gasteiger partial charge in [-0.2, -0.15) is 0 Å². The van der Waals surface area contributed by atoms with Crippen molar-refractivity contribution in [3.05, 3.63) is 0 Å². The quantitative estimate of drug-likeness (QED) is 0.0737. The molecule has 0 bridgehead atoms. The van der Waals surface area contributed by atoms with E-state index in [1.165, 1.54) is 25.7 Å². The number of carbonyl (C=O) groups is 1. The van der Waals surface area contributed by atoms with Gasteiger partial charge in [-0.3, -0.25) is 38.8 Å². The Hall–Kier alpha value is 1.36. The summed E-state index contributed by atoms with van der Waals surface area (Å²) >= 11 is 0. The Morgan fingerprint density at radius 2 is 0.486 bits per heavy atom. The van der Waals surface area contributed by atoms with Crippen LogP contribution in [0.2, 0.25) is 0 Å². The fraction of sp³-hybridized carbons (Fsp3) is 0.976. The molecule has 0 aliphatic rings. The number of rotatable bonds is 5. The van der Waals surface area contributed by atoms with E-state index in [9.17, 15) is 38.8 Å². The second kappa shape index (κ2) is 120. The van der Waals surface area contributed by atoms with Crippen molar-refractivity contribution in [2.75, 3.05) is 0 Å². The summed E-state index contributed by atoms with van der Waals surface area (Å²) in [6, 6.07) is 3.65. The molecular weight excluding hydrogens is 1400 g/mol. The van der Waals surface area contributed by atoms with Gasteiger partial charge in [0.05, 0.1) is 47.3 Å². The van der Waals surface area contributed by atoms with Gasteiger partial charge in [0.1, 0.15) is 0 Å². The molecule has 31 heteroatoms. The average molecular weight is 1530 g/mol. The van der Waals surface area contributed by atoms with Gasteiger partial charge in [0.2, 0.25) is 0 Å². The summed E-state index contributed by atoms with van der Waals surface area (Å²) in [4.78, 5) is 8.89. The number of aliphatic carboxylic acids is 1. The Morgan fingerprint density at radius 3 is 0.486 bits per heavy atom. The zero-order valence-electron chi connectivity index (χ0n) is 50.3. The summed E-state index contributed by atoms with van der Waals surface area (Å²) in [5.41, 5.74) is 31.1. The van der Waals surface area contributed by atoms with Crippen LogP contribution >= 0.6 is 0 Å². The van der Waals surface area contributed by atoms with Crippen molar-refractivity contribution in [3.8, 4) is 0 Å². The van der Waals surface area contributed by atoms with E-state index in [4.69, 9.17) is 9.90 Å². The van der Waals surface area contributed by atoms with Gasteiger partial charge in [0.25, 0.3) is 0 Å². The minimum Gasteiger partial charge on any atom is -1.00 e. The molecule has 3 atom stereocenters. The fourth-order valence-electron chi connectivity index (χ4n) is 0. The highest BCUT2D eigenvalue weighted by Crippen LogP contribution is 2.16. The molecule has 470 valence electrons. The Morgan fingerprint density at radius 1 is 0.444 bits per heavy atom. The van der Waals surface area contributed by atoms with Crippen LogP contribution < -0.4 is 170 Å². The molecule has 0 rings (SSSR count). The number of carboxylic acids is 1. The highest BCUT2D eigenvalue weighted by atomic mass is 127. The minimum atomic E-state index is -3.67. The molecule has 0 saturated heterocycles. The van der Waals surface area contributed by atoms with Gasteiger partial charge in [-0.15, -0.1) is 0 Å². The van der Waals surface area contributed by atoms with Gasteiger partial charge in [-0.1, -0.05) is 82.6 Å². The SMILES string of the molecule is CC.CC(=O)[O-].CC(C)[NH3+].CC(C)[NH3+].CC(C)[NH3+].CCC(C)(C)C.CCC(C)(C)[NH3+].CCC(C)(C)[NH3+].CCC(C)[NH3+].CCC(C)[NH3+].CCC(C)[NH3+].FB(F)F.FB(F)F.FB(F)F.[Br-].[Br-].[Br-].[F-].[F-].[F-].[I-].[I-].[NH4+]. The predicted molar refractivity (Wildman–Crippen MR) is 262 cm³/mol. The third kappa shape index (κ3) is 1320. The molecule has 0 aliphatic carbocycles. The van der Waals surface area contributed by atoms with Gasteiger partial charge in [-0.25, -0.2) is 0 Å². The molecule has 0 heterocycles. The van der Waals surface area contributed by atoms with Crippen LogP contribution in [0.3, 0.4) is 0 Å². The van der Waals surface area contributed by atoms with Crippen molar-refractivity contribution in [1.82, 2.24) is 6.15 Å². The molecule has 0 radical (unpaired) electrons. The van der Waals surface area contributed by atoms with E-state index in [1.54, 1.807) is 0 Å². The normalized spacial score (nSPS) is 9.18. The van der Waals surface area contributed by atoms with E-state index >= 15 is 0 Å². The summed E-state index contributed by atoms with van der Waals surface area (Å²) in [7, 11) is -11.0. The molecule has 0 saturated carbocycles. The van der Waals surface area contributed by atoms with Crippen LogP contribution in [0.25, 0.3) is 0 Å². The maximum atomic E-state index is 9.67. The standard InChI is InChI=1S/C6H14.2C5H13N.3C4H11N.3C3H9N.C2H4O2.C2H6.3BF3.3BrH.3FH.2HI.H3N/c1-5-6(2,3)4;2*1-4-5(2,3)6;3*1-3-4(2)5;3*1-3(2)4;1-2(3)4;1-2;3*2-1(3)4;;;;;;;;;/h5H2,1-4H3;2*4,6H2,1-3H3;3*4H,3,5H2,1-2H3;3*3H,4H2,1-2H3;1H3,(H,3,4);1-2H3;;;;8*1H;1H3. The first-order chi connectivity index (χ1) is 27.6. The average Bonchev–Trinajstić information content (AvgIpc) is 3.04. The van der Waals surface area contributed by atoms with E-state index in [0.29, 0.717) is 52.7 Å². The lowest BCUT2D eigenvalue weighted by Crippen LogP contribution is -3.00. The molecule has 0 aromatic rings. The van der Waals surface area contributed by atoms with Gasteiger partial charge in [-0.05, 0) is 134 Å². The smallest absolute Gasteiger partial charge is 0.762 e. The van der Waals surface area contributed by atoms with Crippen LogP contribution in [0, 0.1) is 5.41 Å². The molecular formula is C41H121B3Br3F12I2N9O2. The van der Waals surface area contributed by atoms with Crippen LogP contribution in [0.5, 0.6) is 0 Å². The number of hydrogen-bond donors (Lipinski definition) is 9. The van der Waals surface area contributed by atoms with Crippen molar-refractivity contribution in [2.24, 2.45) is 5.41 Å². The Bertz CT molecular complexity index is 635. The highest BCUT2D eigenvalue weighted by Gasteiger charge is 2.09. The van der Waals surface area contributed by atoms with E-state index < -0.39 is 28.6 Å². The Kier molecular flexibility index (Phi) is 253. The number of carbonyl (C=O) groups excluding carboxylic acids is 1. The highest BCUT2D eigenvalue weighted by molar-refractivity contribution is 6.33. The van der Waals surface area contributed by atoms with Crippen LogP contribution in [0.4, 0.5) is 38.8 Å². The van der Waals surface area contributed by atoms with Gasteiger partial charge >= 0.3 is 22.6 Å². The third-order valence-electron chi connectivity index (χ3n) is 5.07. The van der Waals surface area contributed by atoms with E-state index in [0.717, 1.165) is 19.8 Å². The van der Waals surface area contributed by atoms with Crippen LogP contribution in [-0.4, -0.2) is 75.9 Å². The zero-order valence-corrected chi connectivity index (χ0v) is 59.4. The van der Waals surface area contributed by atoms with Crippen molar-refractivity contribution < 1.29 is 208 Å². The first kappa shape index (κ1) is 151. The summed E-state index contributed by atoms with van der Waals surface area (Å²) in [5, 5.41) is 8.89. The molecule has 72 heavy (non-hydrogen) atoms. The molecule has 11 nitrogen and oxygen atoms in total. The van der Waals surface area contributed by atoms with Gasteiger partial charge in [0, 0.05) is 5.97 Å². The van der Waals surface area contributed by atoms with Gasteiger partial charge < -0.3 is 175 Å². The predicted octanol–water partition coefficient (Wildman–Crippen LogP) is -18.9. The van der Waals surface area contributed by atoms with E-state index in [-0.39, 0.29) is 119 Å². The maximum Gasteiger partial charge on any atom is 0.762 e. The number of hydrogen-bond acceptors (Lipinski definition) is 2. The third-order valence-corrected chi connectivity index (χ3v) is 5.07. The summed E-state index contributed by atoms with van der Waals surface area (Å²) in [6.07, 6.45) is 7.17. The fourth-order valence-corrected chi connectivity index (χ4v) is 0. The van der Waals surface area contributed by atoms with Crippen molar-refractivity contribution in [1.29, 1.82) is 0 Å². The molecule has 3 unspecified atom stereocenters. The number of carboxylic acid groups (broad SMARTS) is 1. The van der Waals surface area contributed by atoms with Crippen LogP contribution in [0.15, 0.2) is 0 Å². The molecule has 0 aromatic carbocycles. The van der Waals surface area contributed by atoms with E-state index in [1.807, 2.05) is 13.8 Å². The maximum absolute atomic E-state index is 9.67. The van der Waals surface area contributed by atoms with Crippen LogP contribution in [-0.2, 0) is 4.79 Å². The minimum absolute atomic E-state index is 0. The van der Waals surface area contributed by atoms with E-state index in [2.05, 4.69) is 198 Å². The van der Waals surface area contributed by atoms with Crippen LogP contribution in [0.1, 0.15) is 212 Å². The largest absolute Gasteiger partial charge is 1.00 e. The van der Waals surface area contributed by atoms with Crippen molar-refractivity contribution >= 4 is 28.6 Å². The molecule has 0 fully saturated rings. The van der Waals surface area contributed by atoms with Crippen molar-refractivity contribution in [2.45, 2.75) is 259 Å². The number of quaternary nitrogens is 9. The second-order valence-corrected chi connectivity index (χ2v) is 17.9. The molecule has 0 aliphatic heterocycles. The number of halogens is 17. The van der Waals surface area contributed by atoms with Crippen molar-refractivity contribution in [3.63, 3.8) is 0 Å². The topological polar surface area (TPSA) is 298 Å². The second-order valence-electron chi connectivity index (χ2n) is 17.9. The zero-order chi connectivity index (χ0) is 55.5. The Labute approximate surface area is 503 Å². The summed E-state index contributed by atoms with van der Waals surface area (Å²) in [6.45, 7) is 51.8. The first-order valence-corrected chi connectivity index (χ1v) is 22.3. The summed E-state index contributed by atoms with van der Waals surface area (Å²) < 4.78 is 87.0. The first-order valence-electron chi connectivity index (χ1n) is 22.3.